The number of nitrogens with one attached hydrogen (secondary N) is 1. The van der Waals surface area contributed by atoms with E-state index in [4.69, 9.17) is 17.2 Å². The highest BCUT2D eigenvalue weighted by atomic mass is 16.5. The van der Waals surface area contributed by atoms with Gasteiger partial charge in [0.1, 0.15) is 6.61 Å². The number of benzene rings is 1. The van der Waals surface area contributed by atoms with E-state index in [-0.39, 0.29) is 6.61 Å². The molecule has 0 bridgehead atoms. The first-order valence-electron chi connectivity index (χ1n) is 4.40. The monoisotopic (exact) mass is 210 g/mol. The van der Waals surface area contributed by atoms with Crippen molar-refractivity contribution in [3.63, 3.8) is 0 Å². The van der Waals surface area contributed by atoms with Gasteiger partial charge in [0, 0.05) is 12.2 Å². The normalized spacial score (nSPS) is 9.60. The number of primary amides is 1. The Morgan fingerprint density at radius 1 is 1.33 bits per heavy atom. The van der Waals surface area contributed by atoms with E-state index in [9.17, 15) is 4.79 Å². The van der Waals surface area contributed by atoms with E-state index in [0.29, 0.717) is 17.9 Å². The predicted octanol–water partition coefficient (Wildman–Crippen LogP) is 0.358. The van der Waals surface area contributed by atoms with Gasteiger partial charge in [-0.05, 0) is 18.2 Å². The number of hydrogen-bond donors (Lipinski definition) is 4. The van der Waals surface area contributed by atoms with Crippen LogP contribution in [0.3, 0.4) is 0 Å². The average molecular weight is 210 g/mol. The number of rotatable bonds is 4. The maximum Gasteiger partial charge on any atom is 0.404 e. The first kappa shape index (κ1) is 11.0. The molecule has 0 fully saturated rings. The maximum absolute atomic E-state index is 10.2. The molecule has 6 nitrogen and oxygen atoms in total. The number of anilines is 3. The van der Waals surface area contributed by atoms with Crippen molar-refractivity contribution in [1.29, 1.82) is 0 Å². The Kier molecular flexibility index (Phi) is 3.61. The van der Waals surface area contributed by atoms with Crippen LogP contribution in [-0.4, -0.2) is 19.2 Å². The first-order chi connectivity index (χ1) is 7.09. The highest BCUT2D eigenvalue weighted by Gasteiger charge is 1.97. The van der Waals surface area contributed by atoms with Crippen LogP contribution in [0.25, 0.3) is 0 Å². The Balaban J connectivity index is 2.38. The molecule has 1 rings (SSSR count). The summed E-state index contributed by atoms with van der Waals surface area (Å²) in [6.07, 6.45) is -0.784. The van der Waals surface area contributed by atoms with Crippen LogP contribution in [-0.2, 0) is 4.74 Å². The number of ether oxygens (including phenoxy) is 1. The molecule has 0 aliphatic carbocycles. The zero-order valence-corrected chi connectivity index (χ0v) is 8.19. The van der Waals surface area contributed by atoms with Gasteiger partial charge < -0.3 is 27.3 Å². The van der Waals surface area contributed by atoms with Gasteiger partial charge in [0.15, 0.2) is 0 Å². The van der Waals surface area contributed by atoms with Gasteiger partial charge in [-0.3, -0.25) is 0 Å². The quantitative estimate of drug-likeness (QED) is 0.423. The molecule has 6 heteroatoms. The molecule has 0 unspecified atom stereocenters. The molecule has 0 saturated heterocycles. The highest BCUT2D eigenvalue weighted by molar-refractivity contribution is 5.69. The number of carbonyl (C=O) groups excluding carboxylic acids is 1. The Hall–Kier alpha value is -2.11. The summed E-state index contributed by atoms with van der Waals surface area (Å²) in [4.78, 5) is 10.2. The summed E-state index contributed by atoms with van der Waals surface area (Å²) in [5.74, 6) is 0. The zero-order valence-electron chi connectivity index (χ0n) is 8.19. The average Bonchev–Trinajstić information content (AvgIpc) is 2.18. The van der Waals surface area contributed by atoms with E-state index >= 15 is 0 Å². The van der Waals surface area contributed by atoms with Gasteiger partial charge in [-0.2, -0.15) is 0 Å². The second-order valence-electron chi connectivity index (χ2n) is 2.94. The molecule has 0 heterocycles. The fraction of sp³-hybridized carbons (Fsp3) is 0.222. The minimum Gasteiger partial charge on any atom is -0.448 e. The number of hydrogen-bond acceptors (Lipinski definition) is 5. The summed E-state index contributed by atoms with van der Waals surface area (Å²) in [7, 11) is 0. The molecule has 0 aliphatic rings. The van der Waals surface area contributed by atoms with E-state index in [1.54, 1.807) is 18.2 Å². The largest absolute Gasteiger partial charge is 0.448 e. The summed E-state index contributed by atoms with van der Waals surface area (Å²) >= 11 is 0. The van der Waals surface area contributed by atoms with Gasteiger partial charge in [-0.15, -0.1) is 0 Å². The third-order valence-corrected chi connectivity index (χ3v) is 1.76. The fourth-order valence-electron chi connectivity index (χ4n) is 1.03. The minimum absolute atomic E-state index is 0.208. The number of nitrogen functional groups attached to an aromatic ring is 2. The van der Waals surface area contributed by atoms with Crippen molar-refractivity contribution < 1.29 is 9.53 Å². The van der Waals surface area contributed by atoms with Crippen LogP contribution in [0.1, 0.15) is 0 Å². The molecule has 7 N–H and O–H groups in total. The van der Waals surface area contributed by atoms with Gasteiger partial charge in [0.05, 0.1) is 11.4 Å². The zero-order chi connectivity index (χ0) is 11.3. The van der Waals surface area contributed by atoms with Crippen molar-refractivity contribution in [3.05, 3.63) is 18.2 Å². The van der Waals surface area contributed by atoms with Crippen molar-refractivity contribution in [2.45, 2.75) is 0 Å². The van der Waals surface area contributed by atoms with Gasteiger partial charge in [0.2, 0.25) is 0 Å². The Morgan fingerprint density at radius 3 is 2.67 bits per heavy atom. The van der Waals surface area contributed by atoms with Gasteiger partial charge in [-0.25, -0.2) is 4.79 Å². The van der Waals surface area contributed by atoms with Crippen molar-refractivity contribution in [3.8, 4) is 0 Å². The topological polar surface area (TPSA) is 116 Å². The number of nitrogens with two attached hydrogens (primary N) is 3. The van der Waals surface area contributed by atoms with Gasteiger partial charge in [-0.1, -0.05) is 0 Å². The lowest BCUT2D eigenvalue weighted by molar-refractivity contribution is 0.161. The molecule has 1 aromatic rings. The minimum atomic E-state index is -0.784. The van der Waals surface area contributed by atoms with Gasteiger partial charge >= 0.3 is 6.09 Å². The lowest BCUT2D eigenvalue weighted by Crippen LogP contribution is -2.18. The molecule has 0 aliphatic heterocycles. The van der Waals surface area contributed by atoms with E-state index in [0.717, 1.165) is 5.69 Å². The van der Waals surface area contributed by atoms with Crippen LogP contribution in [0.2, 0.25) is 0 Å². The van der Waals surface area contributed by atoms with Crippen molar-refractivity contribution in [2.24, 2.45) is 5.73 Å². The summed E-state index contributed by atoms with van der Waals surface area (Å²) in [5.41, 5.74) is 17.8. The predicted molar refractivity (Wildman–Crippen MR) is 59.3 cm³/mol. The van der Waals surface area contributed by atoms with Crippen LogP contribution in [0, 0.1) is 0 Å². The molecule has 0 spiro atoms. The van der Waals surface area contributed by atoms with Crippen LogP contribution < -0.4 is 22.5 Å². The molecule has 0 aromatic heterocycles. The number of amides is 1. The van der Waals surface area contributed by atoms with E-state index < -0.39 is 6.09 Å². The Labute approximate surface area is 87.4 Å². The molecular weight excluding hydrogens is 196 g/mol. The maximum atomic E-state index is 10.2. The molecular formula is C9H14N4O2. The second kappa shape index (κ2) is 4.94. The van der Waals surface area contributed by atoms with Crippen LogP contribution in [0.4, 0.5) is 21.9 Å². The lowest BCUT2D eigenvalue weighted by atomic mass is 10.2. The summed E-state index contributed by atoms with van der Waals surface area (Å²) in [6.45, 7) is 0.673. The lowest BCUT2D eigenvalue weighted by Gasteiger charge is -2.08. The standard InChI is InChI=1S/C9H14N4O2/c10-7-2-1-6(5-8(7)11)13-3-4-15-9(12)14/h1-2,5,13H,3-4,10-11H2,(H2,12,14). The highest BCUT2D eigenvalue weighted by Crippen LogP contribution is 2.19. The SMILES string of the molecule is NC(=O)OCCNc1ccc(N)c(N)c1. The first-order valence-corrected chi connectivity index (χ1v) is 4.40. The third kappa shape index (κ3) is 3.63. The fourth-order valence-corrected chi connectivity index (χ4v) is 1.03. The molecule has 15 heavy (non-hydrogen) atoms. The summed E-state index contributed by atoms with van der Waals surface area (Å²) < 4.78 is 4.54. The third-order valence-electron chi connectivity index (χ3n) is 1.76. The van der Waals surface area contributed by atoms with Crippen LogP contribution >= 0.6 is 0 Å². The van der Waals surface area contributed by atoms with Crippen molar-refractivity contribution in [2.75, 3.05) is 29.9 Å². The summed E-state index contributed by atoms with van der Waals surface area (Å²) in [5, 5.41) is 3.00. The van der Waals surface area contributed by atoms with E-state index in [1.807, 2.05) is 0 Å². The molecule has 1 amide bonds. The Morgan fingerprint density at radius 2 is 2.07 bits per heavy atom. The van der Waals surface area contributed by atoms with Crippen molar-refractivity contribution in [1.82, 2.24) is 0 Å². The van der Waals surface area contributed by atoms with E-state index in [2.05, 4.69) is 10.1 Å². The number of carbonyl (C=O) groups is 1. The second-order valence-corrected chi connectivity index (χ2v) is 2.94. The van der Waals surface area contributed by atoms with Crippen molar-refractivity contribution >= 4 is 23.2 Å². The smallest absolute Gasteiger partial charge is 0.404 e. The van der Waals surface area contributed by atoms with Crippen LogP contribution in [0.5, 0.6) is 0 Å². The summed E-state index contributed by atoms with van der Waals surface area (Å²) in [6, 6.07) is 5.20. The molecule has 1 aromatic carbocycles. The molecule has 82 valence electrons. The Bertz CT molecular complexity index is 354. The van der Waals surface area contributed by atoms with Gasteiger partial charge in [0.25, 0.3) is 0 Å². The molecule has 0 saturated carbocycles. The van der Waals surface area contributed by atoms with E-state index in [1.165, 1.54) is 0 Å². The van der Waals surface area contributed by atoms with Crippen LogP contribution in [0.15, 0.2) is 18.2 Å². The molecule has 0 radical (unpaired) electrons. The molecule has 0 atom stereocenters.